The lowest BCUT2D eigenvalue weighted by atomic mass is 10.1. The molecule has 0 amide bonds. The quantitative estimate of drug-likeness (QED) is 0.705. The van der Waals surface area contributed by atoms with E-state index in [1.165, 1.54) is 6.08 Å². The van der Waals surface area contributed by atoms with E-state index in [0.29, 0.717) is 0 Å². The molecule has 0 saturated heterocycles. The van der Waals surface area contributed by atoms with Gasteiger partial charge in [-0.1, -0.05) is 89.5 Å². The Bertz CT molecular complexity index is 396. The van der Waals surface area contributed by atoms with Crippen LogP contribution in [0.1, 0.15) is 13.8 Å². The highest BCUT2D eigenvalue weighted by Crippen LogP contribution is 2.61. The summed E-state index contributed by atoms with van der Waals surface area (Å²) in [5.41, 5.74) is -0.427. The van der Waals surface area contributed by atoms with Gasteiger partial charge in [0.25, 0.3) is 0 Å². The lowest BCUT2D eigenvalue weighted by molar-refractivity contribution is -0.139. The zero-order valence-corrected chi connectivity index (χ0v) is 13.9. The number of hydrogen-bond donors (Lipinski definition) is 1. The fourth-order valence-electron chi connectivity index (χ4n) is 1.86. The second kappa shape index (κ2) is 5.05. The zero-order chi connectivity index (χ0) is 14.5. The molecule has 1 aliphatic rings. The second-order valence-electron chi connectivity index (χ2n) is 4.75. The van der Waals surface area contributed by atoms with Crippen LogP contribution in [-0.2, 0) is 4.79 Å². The highest BCUT2D eigenvalue weighted by molar-refractivity contribution is 6.77. The van der Waals surface area contributed by atoms with Crippen molar-refractivity contribution < 1.29 is 9.90 Å². The smallest absolute Gasteiger partial charge is 0.307 e. The van der Waals surface area contributed by atoms with Crippen molar-refractivity contribution in [3.8, 4) is 0 Å². The summed E-state index contributed by atoms with van der Waals surface area (Å²) in [5, 5.41) is 8.93. The summed E-state index contributed by atoms with van der Waals surface area (Å²) in [6.07, 6.45) is 1.45. The summed E-state index contributed by atoms with van der Waals surface area (Å²) < 4.78 is -3.93. The molecule has 0 aromatic rings. The van der Waals surface area contributed by atoms with Crippen molar-refractivity contribution in [3.63, 3.8) is 0 Å². The fourth-order valence-corrected chi connectivity index (χ4v) is 2.71. The highest BCUT2D eigenvalue weighted by atomic mass is 35.6. The number of halogens is 6. The minimum absolute atomic E-state index is 0.0901. The molecule has 2 nitrogen and oxygen atoms in total. The van der Waals surface area contributed by atoms with Crippen molar-refractivity contribution in [2.24, 2.45) is 17.3 Å². The van der Waals surface area contributed by atoms with Crippen LogP contribution in [0, 0.1) is 17.3 Å². The molecule has 0 aromatic carbocycles. The first-order valence-corrected chi connectivity index (χ1v) is 7.15. The average Bonchev–Trinajstić information content (AvgIpc) is 2.65. The van der Waals surface area contributed by atoms with E-state index in [9.17, 15) is 4.79 Å². The number of aliphatic carboxylic acids is 1. The third kappa shape index (κ3) is 2.99. The van der Waals surface area contributed by atoms with E-state index in [0.717, 1.165) is 0 Å². The normalized spacial score (nSPS) is 28.1. The van der Waals surface area contributed by atoms with Gasteiger partial charge >= 0.3 is 5.97 Å². The van der Waals surface area contributed by atoms with Crippen LogP contribution in [0.25, 0.3) is 0 Å². The molecule has 1 fully saturated rings. The minimum Gasteiger partial charge on any atom is -0.481 e. The van der Waals surface area contributed by atoms with Crippen LogP contribution in [0.3, 0.4) is 0 Å². The molecule has 1 aliphatic carbocycles. The molecule has 0 radical (unpaired) electrons. The van der Waals surface area contributed by atoms with Crippen LogP contribution in [0.15, 0.2) is 11.1 Å². The summed E-state index contributed by atoms with van der Waals surface area (Å²) in [7, 11) is 0. The topological polar surface area (TPSA) is 37.3 Å². The monoisotopic (exact) mass is 372 g/mol. The van der Waals surface area contributed by atoms with Gasteiger partial charge in [0.05, 0.1) is 11.0 Å². The molecule has 0 aromatic heterocycles. The molecular weight excluding hydrogens is 365 g/mol. The Morgan fingerprint density at radius 2 is 1.67 bits per heavy atom. The lowest BCUT2D eigenvalue weighted by Crippen LogP contribution is -2.31. The number of hydrogen-bond acceptors (Lipinski definition) is 1. The van der Waals surface area contributed by atoms with Crippen molar-refractivity contribution in [2.75, 3.05) is 0 Å². The molecule has 1 N–H and O–H groups in total. The van der Waals surface area contributed by atoms with Gasteiger partial charge < -0.3 is 5.11 Å². The number of carboxylic acids is 1. The predicted molar refractivity (Wildman–Crippen MR) is 77.1 cm³/mol. The van der Waals surface area contributed by atoms with Crippen LogP contribution in [-0.4, -0.2) is 19.2 Å². The molecule has 1 rings (SSSR count). The van der Waals surface area contributed by atoms with Gasteiger partial charge in [-0.2, -0.15) is 0 Å². The summed E-state index contributed by atoms with van der Waals surface area (Å²) in [6.45, 7) is 3.60. The summed E-state index contributed by atoms with van der Waals surface area (Å²) >= 11 is 34.6. The Labute approximate surface area is 135 Å². The third-order valence-corrected chi connectivity index (χ3v) is 6.17. The molecule has 0 aliphatic heterocycles. The van der Waals surface area contributed by atoms with E-state index in [-0.39, 0.29) is 11.0 Å². The summed E-state index contributed by atoms with van der Waals surface area (Å²) in [6, 6.07) is 0. The minimum atomic E-state index is -2.01. The number of carboxylic acid groups (broad SMARTS) is 1. The first-order valence-electron chi connectivity index (χ1n) is 4.88. The molecule has 0 spiro atoms. The van der Waals surface area contributed by atoms with Crippen molar-refractivity contribution in [1.82, 2.24) is 0 Å². The fraction of sp³-hybridized carbons (Fsp3) is 0.700. The zero-order valence-electron chi connectivity index (χ0n) is 9.36. The van der Waals surface area contributed by atoms with E-state index >= 15 is 0 Å². The Hall–Kier alpha value is 0.950. The summed E-state index contributed by atoms with van der Waals surface area (Å²) in [5.74, 6) is -1.76. The van der Waals surface area contributed by atoms with Gasteiger partial charge in [0.2, 0.25) is 3.79 Å². The Balaban J connectivity index is 2.97. The Kier molecular flexibility index (Phi) is 4.77. The van der Waals surface area contributed by atoms with Crippen LogP contribution < -0.4 is 0 Å². The molecule has 1 saturated carbocycles. The molecule has 18 heavy (non-hydrogen) atoms. The molecule has 0 bridgehead atoms. The molecule has 0 unspecified atom stereocenters. The third-order valence-electron chi connectivity index (χ3n) is 3.16. The van der Waals surface area contributed by atoms with Crippen LogP contribution in [0.5, 0.6) is 0 Å². The van der Waals surface area contributed by atoms with Gasteiger partial charge in [-0.3, -0.25) is 4.79 Å². The largest absolute Gasteiger partial charge is 0.481 e. The van der Waals surface area contributed by atoms with Crippen LogP contribution in [0.2, 0.25) is 0 Å². The second-order valence-corrected chi connectivity index (χ2v) is 8.77. The van der Waals surface area contributed by atoms with E-state index in [1.807, 2.05) is 0 Å². The highest BCUT2D eigenvalue weighted by Gasteiger charge is 2.62. The Morgan fingerprint density at radius 1 is 1.22 bits per heavy atom. The summed E-state index contributed by atoms with van der Waals surface area (Å²) in [4.78, 5) is 11.0. The predicted octanol–water partition coefficient (Wildman–Crippen LogP) is 5.01. The SMILES string of the molecule is CC1(C)[C@H](C=C(Cl)C(Cl)(Cl)C(Cl)(Cl)Cl)[C@H]1C(=O)O. The number of carbonyl (C=O) groups is 1. The van der Waals surface area contributed by atoms with E-state index in [1.54, 1.807) is 13.8 Å². The van der Waals surface area contributed by atoms with Gasteiger partial charge in [0.1, 0.15) is 0 Å². The van der Waals surface area contributed by atoms with Crippen molar-refractivity contribution in [1.29, 1.82) is 0 Å². The van der Waals surface area contributed by atoms with E-state index in [2.05, 4.69) is 0 Å². The van der Waals surface area contributed by atoms with Crippen LogP contribution in [0.4, 0.5) is 0 Å². The van der Waals surface area contributed by atoms with Crippen molar-refractivity contribution >= 4 is 75.6 Å². The van der Waals surface area contributed by atoms with Gasteiger partial charge in [0, 0.05) is 0 Å². The first kappa shape index (κ1) is 17.0. The molecule has 0 heterocycles. The molecule has 8 heteroatoms. The van der Waals surface area contributed by atoms with Crippen LogP contribution >= 0.6 is 69.6 Å². The van der Waals surface area contributed by atoms with Crippen molar-refractivity contribution in [3.05, 3.63) is 11.1 Å². The molecular formula is C10H10Cl6O2. The van der Waals surface area contributed by atoms with E-state index in [4.69, 9.17) is 74.7 Å². The van der Waals surface area contributed by atoms with Gasteiger partial charge in [0.15, 0.2) is 4.33 Å². The van der Waals surface area contributed by atoms with E-state index < -0.39 is 25.4 Å². The Morgan fingerprint density at radius 3 is 1.94 bits per heavy atom. The first-order chi connectivity index (χ1) is 7.83. The molecule has 2 atom stereocenters. The standard InChI is InChI=1S/C10H10Cl6O2/c1-8(2)4(6(8)7(17)18)3-5(11)9(12,13)10(14,15)16/h3-4,6H,1-2H3,(H,17,18)/t4-,6+/m1/s1. The molecule has 104 valence electrons. The maximum Gasteiger partial charge on any atom is 0.307 e. The van der Waals surface area contributed by atoms with Gasteiger partial charge in [-0.15, -0.1) is 0 Å². The number of alkyl halides is 5. The maximum atomic E-state index is 11.0. The van der Waals surface area contributed by atoms with Crippen molar-refractivity contribution in [2.45, 2.75) is 22.0 Å². The lowest BCUT2D eigenvalue weighted by Gasteiger charge is -2.26. The number of rotatable bonds is 3. The van der Waals surface area contributed by atoms with Gasteiger partial charge in [-0.25, -0.2) is 0 Å². The maximum absolute atomic E-state index is 11.0. The number of allylic oxidation sites excluding steroid dienone is 2. The average molecular weight is 375 g/mol. The van der Waals surface area contributed by atoms with Gasteiger partial charge in [-0.05, 0) is 11.3 Å².